The summed E-state index contributed by atoms with van der Waals surface area (Å²) in [6.45, 7) is 2.00. The molecule has 0 aromatic heterocycles. The summed E-state index contributed by atoms with van der Waals surface area (Å²) in [5.74, 6) is 0.783. The van der Waals surface area contributed by atoms with Crippen LogP contribution in [0.25, 0.3) is 0 Å². The third-order valence-corrected chi connectivity index (χ3v) is 3.14. The van der Waals surface area contributed by atoms with Gasteiger partial charge in [0.1, 0.15) is 5.75 Å². The Hall–Kier alpha value is -2.89. The predicted molar refractivity (Wildman–Crippen MR) is 86.5 cm³/mol. The Morgan fingerprint density at radius 3 is 2.59 bits per heavy atom. The van der Waals surface area contributed by atoms with Crippen LogP contribution in [-0.2, 0) is 0 Å². The molecule has 0 bridgehead atoms. The Morgan fingerprint density at radius 1 is 1.27 bits per heavy atom. The maximum atomic E-state index is 10.8. The summed E-state index contributed by atoms with van der Waals surface area (Å²) in [5.41, 5.74) is 5.31. The van der Waals surface area contributed by atoms with E-state index in [0.29, 0.717) is 5.69 Å². The van der Waals surface area contributed by atoms with E-state index in [-0.39, 0.29) is 5.69 Å². The minimum Gasteiger partial charge on any atom is -0.497 e. The first-order valence-corrected chi connectivity index (χ1v) is 6.85. The van der Waals surface area contributed by atoms with Gasteiger partial charge in [-0.1, -0.05) is 13.0 Å². The number of rotatable bonds is 6. The smallest absolute Gasteiger partial charge is 0.271 e. The summed E-state index contributed by atoms with van der Waals surface area (Å²) in [4.78, 5) is 10.3. The zero-order valence-electron chi connectivity index (χ0n) is 12.4. The van der Waals surface area contributed by atoms with Gasteiger partial charge in [-0.05, 0) is 42.3 Å². The van der Waals surface area contributed by atoms with Gasteiger partial charge in [0.25, 0.3) is 5.69 Å². The van der Waals surface area contributed by atoms with E-state index in [1.54, 1.807) is 19.2 Å². The Morgan fingerprint density at radius 2 is 2.00 bits per heavy atom. The molecule has 0 aliphatic rings. The lowest BCUT2D eigenvalue weighted by Crippen LogP contribution is -2.03. The molecule has 2 rings (SSSR count). The van der Waals surface area contributed by atoms with Gasteiger partial charge >= 0.3 is 0 Å². The SMILES string of the molecule is CC/C(=N/Nc1cccc([N+](=O)[O-])c1)c1ccc(OC)cc1. The largest absolute Gasteiger partial charge is 0.497 e. The molecule has 6 heteroatoms. The first kappa shape index (κ1) is 15.5. The van der Waals surface area contributed by atoms with Crippen LogP contribution < -0.4 is 10.2 Å². The van der Waals surface area contributed by atoms with E-state index in [9.17, 15) is 10.1 Å². The highest BCUT2D eigenvalue weighted by Gasteiger charge is 2.06. The molecular weight excluding hydrogens is 282 g/mol. The van der Waals surface area contributed by atoms with Crippen molar-refractivity contribution in [2.24, 2.45) is 5.10 Å². The Bertz CT molecular complexity index is 681. The molecule has 0 fully saturated rings. The molecular formula is C16H17N3O3. The Labute approximate surface area is 128 Å². The molecule has 0 saturated carbocycles. The lowest BCUT2D eigenvalue weighted by atomic mass is 10.1. The van der Waals surface area contributed by atoms with E-state index in [2.05, 4.69) is 10.5 Å². The molecule has 0 unspecified atom stereocenters. The second-order valence-electron chi connectivity index (χ2n) is 4.56. The number of methoxy groups -OCH3 is 1. The van der Waals surface area contributed by atoms with Crippen molar-refractivity contribution in [3.05, 3.63) is 64.2 Å². The van der Waals surface area contributed by atoms with Crippen LogP contribution in [0.4, 0.5) is 11.4 Å². The summed E-state index contributed by atoms with van der Waals surface area (Å²) in [6.07, 6.45) is 0.730. The van der Waals surface area contributed by atoms with Crippen LogP contribution in [-0.4, -0.2) is 17.7 Å². The maximum absolute atomic E-state index is 10.8. The fraction of sp³-hybridized carbons (Fsp3) is 0.188. The molecule has 0 heterocycles. The highest BCUT2D eigenvalue weighted by molar-refractivity contribution is 6.00. The molecule has 1 N–H and O–H groups in total. The van der Waals surface area contributed by atoms with Crippen LogP contribution in [0.2, 0.25) is 0 Å². The molecule has 22 heavy (non-hydrogen) atoms. The van der Waals surface area contributed by atoms with E-state index >= 15 is 0 Å². The van der Waals surface area contributed by atoms with Crippen molar-refractivity contribution in [3.8, 4) is 5.75 Å². The number of benzene rings is 2. The average molecular weight is 299 g/mol. The van der Waals surface area contributed by atoms with Crippen molar-refractivity contribution in [2.45, 2.75) is 13.3 Å². The zero-order valence-corrected chi connectivity index (χ0v) is 12.4. The highest BCUT2D eigenvalue weighted by atomic mass is 16.6. The fourth-order valence-electron chi connectivity index (χ4n) is 1.95. The van der Waals surface area contributed by atoms with Crippen molar-refractivity contribution in [2.75, 3.05) is 12.5 Å². The molecule has 0 atom stereocenters. The second kappa shape index (κ2) is 7.21. The van der Waals surface area contributed by atoms with Crippen molar-refractivity contribution in [1.29, 1.82) is 0 Å². The minimum absolute atomic E-state index is 0.0303. The molecule has 2 aromatic rings. The Balaban J connectivity index is 2.18. The van der Waals surface area contributed by atoms with Crippen LogP contribution in [0.15, 0.2) is 53.6 Å². The van der Waals surface area contributed by atoms with Gasteiger partial charge in [-0.25, -0.2) is 0 Å². The molecule has 0 radical (unpaired) electrons. The summed E-state index contributed by atoms with van der Waals surface area (Å²) >= 11 is 0. The molecule has 0 spiro atoms. The first-order valence-electron chi connectivity index (χ1n) is 6.85. The van der Waals surface area contributed by atoms with Gasteiger partial charge in [-0.2, -0.15) is 5.10 Å². The van der Waals surface area contributed by atoms with Crippen LogP contribution in [0.3, 0.4) is 0 Å². The second-order valence-corrected chi connectivity index (χ2v) is 4.56. The van der Waals surface area contributed by atoms with Gasteiger partial charge < -0.3 is 4.74 Å². The number of anilines is 1. The number of non-ortho nitro benzene ring substituents is 1. The normalized spacial score (nSPS) is 11.1. The van der Waals surface area contributed by atoms with Gasteiger partial charge in [-0.3, -0.25) is 15.5 Å². The maximum Gasteiger partial charge on any atom is 0.271 e. The van der Waals surface area contributed by atoms with Crippen molar-refractivity contribution >= 4 is 17.1 Å². The van der Waals surface area contributed by atoms with Gasteiger partial charge in [0.2, 0.25) is 0 Å². The average Bonchev–Trinajstić information content (AvgIpc) is 2.56. The molecule has 114 valence electrons. The standard InChI is InChI=1S/C16H17N3O3/c1-3-16(12-7-9-15(22-2)10-8-12)18-17-13-5-4-6-14(11-13)19(20)21/h4-11,17H,3H2,1-2H3/b18-16-. The number of ether oxygens (including phenoxy) is 1. The number of nitrogens with one attached hydrogen (secondary N) is 1. The molecule has 6 nitrogen and oxygen atoms in total. The number of hydrogen-bond acceptors (Lipinski definition) is 5. The van der Waals surface area contributed by atoms with Crippen molar-refractivity contribution < 1.29 is 9.66 Å². The van der Waals surface area contributed by atoms with Crippen LogP contribution in [0.1, 0.15) is 18.9 Å². The number of nitrogens with zero attached hydrogens (tertiary/aromatic N) is 2. The van der Waals surface area contributed by atoms with E-state index in [0.717, 1.165) is 23.4 Å². The molecule has 0 aliphatic heterocycles. The van der Waals surface area contributed by atoms with Gasteiger partial charge in [0.15, 0.2) is 0 Å². The monoisotopic (exact) mass is 299 g/mol. The topological polar surface area (TPSA) is 76.8 Å². The zero-order chi connectivity index (χ0) is 15.9. The summed E-state index contributed by atoms with van der Waals surface area (Å²) < 4.78 is 5.13. The quantitative estimate of drug-likeness (QED) is 0.499. The van der Waals surface area contributed by atoms with E-state index in [4.69, 9.17) is 4.74 Å². The third kappa shape index (κ3) is 3.82. The molecule has 2 aromatic carbocycles. The van der Waals surface area contributed by atoms with Crippen LogP contribution >= 0.6 is 0 Å². The number of hydrazone groups is 1. The highest BCUT2D eigenvalue weighted by Crippen LogP contribution is 2.18. The van der Waals surface area contributed by atoms with Gasteiger partial charge in [-0.15, -0.1) is 0 Å². The molecule has 0 amide bonds. The lowest BCUT2D eigenvalue weighted by Gasteiger charge is -2.07. The van der Waals surface area contributed by atoms with Gasteiger partial charge in [0.05, 0.1) is 23.4 Å². The van der Waals surface area contributed by atoms with Crippen molar-refractivity contribution in [3.63, 3.8) is 0 Å². The summed E-state index contributed by atoms with van der Waals surface area (Å²) in [5, 5.41) is 15.1. The number of nitro benzene ring substituents is 1. The summed E-state index contributed by atoms with van der Waals surface area (Å²) in [7, 11) is 1.62. The molecule has 0 aliphatic carbocycles. The van der Waals surface area contributed by atoms with E-state index in [1.807, 2.05) is 31.2 Å². The van der Waals surface area contributed by atoms with E-state index in [1.165, 1.54) is 12.1 Å². The lowest BCUT2D eigenvalue weighted by molar-refractivity contribution is -0.384. The first-order chi connectivity index (χ1) is 10.6. The van der Waals surface area contributed by atoms with Crippen LogP contribution in [0, 0.1) is 10.1 Å². The molecule has 0 saturated heterocycles. The number of nitro groups is 1. The van der Waals surface area contributed by atoms with Crippen molar-refractivity contribution in [1.82, 2.24) is 0 Å². The minimum atomic E-state index is -0.431. The predicted octanol–water partition coefficient (Wildman–Crippen LogP) is 3.83. The Kier molecular flexibility index (Phi) is 5.08. The third-order valence-electron chi connectivity index (χ3n) is 3.14. The van der Waals surface area contributed by atoms with Gasteiger partial charge in [0, 0.05) is 12.1 Å². The summed E-state index contributed by atoms with van der Waals surface area (Å²) in [6, 6.07) is 13.8. The van der Waals surface area contributed by atoms with E-state index < -0.39 is 4.92 Å². The fourth-order valence-corrected chi connectivity index (χ4v) is 1.95. The number of hydrogen-bond donors (Lipinski definition) is 1. The van der Waals surface area contributed by atoms with Crippen LogP contribution in [0.5, 0.6) is 5.75 Å².